The van der Waals surface area contributed by atoms with Gasteiger partial charge in [-0.25, -0.2) is 4.98 Å². The van der Waals surface area contributed by atoms with Crippen LogP contribution in [0.3, 0.4) is 0 Å². The number of imidazole rings is 1. The molecule has 3 heterocycles. The second kappa shape index (κ2) is 7.08. The van der Waals surface area contributed by atoms with Gasteiger partial charge in [-0.1, -0.05) is 23.7 Å². The molecule has 1 fully saturated rings. The highest BCUT2D eigenvalue weighted by Crippen LogP contribution is 2.31. The van der Waals surface area contributed by atoms with Gasteiger partial charge in [-0.15, -0.1) is 0 Å². The summed E-state index contributed by atoms with van der Waals surface area (Å²) in [7, 11) is 0. The number of aromatic amines is 1. The molecule has 1 aliphatic rings. The van der Waals surface area contributed by atoms with Gasteiger partial charge in [0, 0.05) is 24.3 Å². The van der Waals surface area contributed by atoms with Crippen LogP contribution in [0.5, 0.6) is 6.01 Å². The summed E-state index contributed by atoms with van der Waals surface area (Å²) < 4.78 is 5.39. The highest BCUT2D eigenvalue weighted by atomic mass is 35.5. The van der Waals surface area contributed by atoms with Gasteiger partial charge in [0.2, 0.25) is 0 Å². The minimum Gasteiger partial charge on any atom is -0.452 e. The third-order valence-electron chi connectivity index (χ3n) is 4.71. The van der Waals surface area contributed by atoms with E-state index in [9.17, 15) is 4.79 Å². The Bertz CT molecular complexity index is 980. The number of halogens is 1. The van der Waals surface area contributed by atoms with Gasteiger partial charge < -0.3 is 20.4 Å². The van der Waals surface area contributed by atoms with E-state index in [2.05, 4.69) is 32.0 Å². The quantitative estimate of drug-likeness (QED) is 0.703. The number of anilines is 1. The summed E-state index contributed by atoms with van der Waals surface area (Å²) >= 11 is 6.43. The first-order chi connectivity index (χ1) is 13.0. The monoisotopic (exact) mass is 385 g/mol. The van der Waals surface area contributed by atoms with Gasteiger partial charge in [0.25, 0.3) is 11.9 Å². The first-order valence-corrected chi connectivity index (χ1v) is 9.26. The highest BCUT2D eigenvalue weighted by molar-refractivity contribution is 6.33. The molecule has 0 radical (unpaired) electrons. The van der Waals surface area contributed by atoms with E-state index < -0.39 is 12.0 Å². The molecule has 140 valence electrons. The lowest BCUT2D eigenvalue weighted by molar-refractivity contribution is -0.124. The number of primary amides is 1. The van der Waals surface area contributed by atoms with Gasteiger partial charge in [-0.3, -0.25) is 4.79 Å². The molecule has 8 heteroatoms. The number of fused-ring (bicyclic) bond motifs is 1. The summed E-state index contributed by atoms with van der Waals surface area (Å²) in [5.74, 6) is -0.569. The maximum absolute atomic E-state index is 11.2. The molecule has 1 aromatic carbocycles. The smallest absolute Gasteiger partial charge is 0.296 e. The summed E-state index contributed by atoms with van der Waals surface area (Å²) in [5, 5.41) is 0.509. The van der Waals surface area contributed by atoms with Crippen LogP contribution >= 0.6 is 11.6 Å². The van der Waals surface area contributed by atoms with Crippen molar-refractivity contribution in [3.8, 4) is 17.3 Å². The number of nitrogens with zero attached hydrogens (tertiary/aromatic N) is 3. The van der Waals surface area contributed by atoms with E-state index in [1.807, 2.05) is 12.1 Å². The molecule has 7 nitrogen and oxygen atoms in total. The molecular formula is C19H20ClN5O2. The van der Waals surface area contributed by atoms with Gasteiger partial charge in [-0.05, 0) is 38.0 Å². The Morgan fingerprint density at radius 1 is 1.26 bits per heavy atom. The predicted molar refractivity (Wildman–Crippen MR) is 105 cm³/mol. The van der Waals surface area contributed by atoms with Crippen LogP contribution in [0.4, 0.5) is 5.69 Å². The summed E-state index contributed by atoms with van der Waals surface area (Å²) in [6.45, 7) is 3.76. The molecule has 1 saturated heterocycles. The number of nitrogens with one attached hydrogen (secondary N) is 1. The maximum atomic E-state index is 11.2. The Morgan fingerprint density at radius 2 is 1.96 bits per heavy atom. The second-order valence-electron chi connectivity index (χ2n) is 6.64. The molecule has 1 amide bonds. The molecule has 1 unspecified atom stereocenters. The van der Waals surface area contributed by atoms with Gasteiger partial charge in [0.1, 0.15) is 0 Å². The molecule has 0 aliphatic carbocycles. The maximum Gasteiger partial charge on any atom is 0.296 e. The number of hydrogen-bond donors (Lipinski definition) is 2. The minimum atomic E-state index is -0.793. The molecule has 0 bridgehead atoms. The Kier molecular flexibility index (Phi) is 4.61. The highest BCUT2D eigenvalue weighted by Gasteiger charge is 2.17. The van der Waals surface area contributed by atoms with Crippen LogP contribution in [-0.2, 0) is 4.79 Å². The second-order valence-corrected chi connectivity index (χ2v) is 7.04. The number of H-pyrrole nitrogens is 1. The molecule has 2 aromatic heterocycles. The first kappa shape index (κ1) is 17.6. The van der Waals surface area contributed by atoms with Crippen LogP contribution in [0.25, 0.3) is 22.4 Å². The van der Waals surface area contributed by atoms with Crippen LogP contribution in [0.1, 0.15) is 19.8 Å². The third kappa shape index (κ3) is 3.55. The lowest BCUT2D eigenvalue weighted by Gasteiger charge is -2.17. The lowest BCUT2D eigenvalue weighted by atomic mass is 10.1. The van der Waals surface area contributed by atoms with Crippen molar-refractivity contribution >= 4 is 34.4 Å². The lowest BCUT2D eigenvalue weighted by Crippen LogP contribution is -2.30. The Balaban J connectivity index is 1.63. The number of aromatic nitrogens is 3. The normalized spacial score (nSPS) is 15.3. The van der Waals surface area contributed by atoms with Crippen molar-refractivity contribution in [2.45, 2.75) is 25.9 Å². The summed E-state index contributed by atoms with van der Waals surface area (Å²) in [6.07, 6.45) is 1.69. The number of amides is 1. The van der Waals surface area contributed by atoms with Crippen LogP contribution in [0, 0.1) is 0 Å². The molecule has 27 heavy (non-hydrogen) atoms. The summed E-state index contributed by atoms with van der Waals surface area (Å²) in [6, 6.07) is 10.2. The van der Waals surface area contributed by atoms with E-state index in [0.717, 1.165) is 18.7 Å². The Labute approximate surface area is 161 Å². The molecule has 1 atom stereocenters. The molecule has 1 aliphatic heterocycles. The van der Waals surface area contributed by atoms with Crippen LogP contribution in [-0.4, -0.2) is 40.1 Å². The van der Waals surface area contributed by atoms with Crippen molar-refractivity contribution in [2.24, 2.45) is 5.73 Å². The molecule has 3 aromatic rings. The fourth-order valence-electron chi connectivity index (χ4n) is 3.18. The van der Waals surface area contributed by atoms with Crippen molar-refractivity contribution in [1.29, 1.82) is 0 Å². The zero-order valence-electron chi connectivity index (χ0n) is 14.9. The fourth-order valence-corrected chi connectivity index (χ4v) is 3.45. The molecule has 0 saturated carbocycles. The topological polar surface area (TPSA) is 97.1 Å². The standard InChI is InChI=1S/C19H20ClN5O2/c1-11(17(21)26)27-19-22-15-10-14(20)16(23-18(15)24-19)12-4-6-13(7-5-12)25-8-2-3-9-25/h4-7,10-11H,2-3,8-9H2,1H3,(H2,21,26)(H,22,23,24). The van der Waals surface area contributed by atoms with Crippen molar-refractivity contribution in [3.05, 3.63) is 35.4 Å². The average Bonchev–Trinajstić information content (AvgIpc) is 3.30. The minimum absolute atomic E-state index is 0.182. The van der Waals surface area contributed by atoms with Crippen LogP contribution in [0.2, 0.25) is 5.02 Å². The van der Waals surface area contributed by atoms with Gasteiger partial charge in [0.05, 0.1) is 16.2 Å². The zero-order valence-corrected chi connectivity index (χ0v) is 15.7. The van der Waals surface area contributed by atoms with E-state index in [1.165, 1.54) is 18.5 Å². The number of benzene rings is 1. The van der Waals surface area contributed by atoms with Crippen molar-refractivity contribution in [2.75, 3.05) is 18.0 Å². The average molecular weight is 386 g/mol. The number of hydrogen-bond acceptors (Lipinski definition) is 5. The van der Waals surface area contributed by atoms with E-state index >= 15 is 0 Å². The van der Waals surface area contributed by atoms with Gasteiger partial charge in [-0.2, -0.15) is 4.98 Å². The molecular weight excluding hydrogens is 366 g/mol. The van der Waals surface area contributed by atoms with Crippen molar-refractivity contribution < 1.29 is 9.53 Å². The number of carbonyl (C=O) groups is 1. The van der Waals surface area contributed by atoms with E-state index in [4.69, 9.17) is 22.1 Å². The largest absolute Gasteiger partial charge is 0.452 e. The third-order valence-corrected chi connectivity index (χ3v) is 4.99. The van der Waals surface area contributed by atoms with Crippen molar-refractivity contribution in [3.63, 3.8) is 0 Å². The number of pyridine rings is 1. The Morgan fingerprint density at radius 3 is 2.63 bits per heavy atom. The van der Waals surface area contributed by atoms with Crippen molar-refractivity contribution in [1.82, 2.24) is 15.0 Å². The number of carbonyl (C=O) groups excluding carboxylic acids is 1. The van der Waals surface area contributed by atoms with Gasteiger partial charge >= 0.3 is 0 Å². The number of ether oxygens (including phenoxy) is 1. The van der Waals surface area contributed by atoms with E-state index in [1.54, 1.807) is 13.0 Å². The first-order valence-electron chi connectivity index (χ1n) is 8.89. The zero-order chi connectivity index (χ0) is 19.0. The molecule has 4 rings (SSSR count). The number of rotatable bonds is 5. The SMILES string of the molecule is CC(Oc1nc2nc(-c3ccc(N4CCCC4)cc3)c(Cl)cc2[nH]1)C(N)=O. The molecule has 0 spiro atoms. The summed E-state index contributed by atoms with van der Waals surface area (Å²) in [4.78, 5) is 25.3. The van der Waals surface area contributed by atoms with Gasteiger partial charge in [0.15, 0.2) is 11.8 Å². The Hall–Kier alpha value is -2.80. The molecule has 3 N–H and O–H groups in total. The van der Waals surface area contributed by atoms with E-state index in [-0.39, 0.29) is 6.01 Å². The predicted octanol–water partition coefficient (Wildman–Crippen LogP) is 3.13. The van der Waals surface area contributed by atoms with Crippen LogP contribution in [0.15, 0.2) is 30.3 Å². The van der Waals surface area contributed by atoms with E-state index in [0.29, 0.717) is 21.9 Å². The fraction of sp³-hybridized carbons (Fsp3) is 0.316. The number of nitrogens with two attached hydrogens (primary N) is 1. The summed E-state index contributed by atoms with van der Waals surface area (Å²) in [5.41, 5.74) is 9.09. The van der Waals surface area contributed by atoms with Crippen LogP contribution < -0.4 is 15.4 Å².